The summed E-state index contributed by atoms with van der Waals surface area (Å²) in [6.45, 7) is 5.09. The lowest BCUT2D eigenvalue weighted by Gasteiger charge is -2.08. The zero-order valence-electron chi connectivity index (χ0n) is 16.0. The molecular formula is C21H14F5N3O. The van der Waals surface area contributed by atoms with Gasteiger partial charge in [0.1, 0.15) is 5.69 Å². The van der Waals surface area contributed by atoms with Gasteiger partial charge in [-0.15, -0.1) is 0 Å². The van der Waals surface area contributed by atoms with Crippen molar-refractivity contribution in [1.29, 1.82) is 0 Å². The summed E-state index contributed by atoms with van der Waals surface area (Å²) in [6.07, 6.45) is 1.49. The third-order valence-electron chi connectivity index (χ3n) is 4.94. The molecule has 9 heteroatoms. The highest BCUT2D eigenvalue weighted by atomic mass is 19.2. The fourth-order valence-electron chi connectivity index (χ4n) is 3.40. The average molecular weight is 419 g/mol. The first kappa shape index (κ1) is 19.8. The van der Waals surface area contributed by atoms with E-state index in [1.165, 1.54) is 13.0 Å². The second-order valence-corrected chi connectivity index (χ2v) is 6.99. The molecule has 1 N–H and O–H groups in total. The number of nitrogens with zero attached hydrogens (tertiary/aromatic N) is 2. The van der Waals surface area contributed by atoms with Crippen molar-refractivity contribution >= 4 is 23.0 Å². The van der Waals surface area contributed by atoms with Crippen LogP contribution in [0.2, 0.25) is 0 Å². The minimum absolute atomic E-state index is 0.0119. The monoisotopic (exact) mass is 419 g/mol. The maximum Gasteiger partial charge on any atom is 0.278 e. The highest BCUT2D eigenvalue weighted by molar-refractivity contribution is 6.31. The van der Waals surface area contributed by atoms with Crippen LogP contribution in [-0.4, -0.2) is 15.5 Å². The molecule has 0 radical (unpaired) electrons. The van der Waals surface area contributed by atoms with Crippen LogP contribution in [0.3, 0.4) is 0 Å². The standard InChI is InChI=1S/C21H14F5N3O/c1-8-4-5-14-13(6-8)11(9(2)27-14)7-12-10(3)28-29(21(12)30)20-18(25)16(23)15(22)17(24)19(20)26/h4-7,28H,1-3H3. The van der Waals surface area contributed by atoms with Gasteiger partial charge in [0.2, 0.25) is 5.82 Å². The fraction of sp³-hybridized carbons (Fsp3) is 0.143. The zero-order chi connectivity index (χ0) is 21.9. The number of hydrogen-bond donors (Lipinski definition) is 1. The molecule has 0 spiro atoms. The van der Waals surface area contributed by atoms with Gasteiger partial charge in [0.05, 0.1) is 11.3 Å². The Hall–Kier alpha value is -3.49. The van der Waals surface area contributed by atoms with Gasteiger partial charge in [-0.3, -0.25) is 14.9 Å². The van der Waals surface area contributed by atoms with Gasteiger partial charge < -0.3 is 0 Å². The summed E-state index contributed by atoms with van der Waals surface area (Å²) in [4.78, 5) is 17.3. The molecule has 4 rings (SSSR count). The summed E-state index contributed by atoms with van der Waals surface area (Å²) in [5.41, 5.74) is 1.57. The molecule has 1 aliphatic heterocycles. The number of aromatic nitrogens is 2. The molecule has 0 fully saturated rings. The molecule has 0 saturated heterocycles. The maximum absolute atomic E-state index is 14.2. The first-order valence-electron chi connectivity index (χ1n) is 8.83. The van der Waals surface area contributed by atoms with Gasteiger partial charge in [-0.1, -0.05) is 11.6 Å². The number of rotatable bonds is 2. The second kappa shape index (κ2) is 6.79. The van der Waals surface area contributed by atoms with E-state index >= 15 is 0 Å². The molecule has 0 amide bonds. The van der Waals surface area contributed by atoms with Crippen LogP contribution in [0.5, 0.6) is 0 Å². The van der Waals surface area contributed by atoms with E-state index in [4.69, 9.17) is 0 Å². The van der Waals surface area contributed by atoms with Gasteiger partial charge in [0.15, 0.2) is 23.3 Å². The first-order chi connectivity index (χ1) is 14.1. The van der Waals surface area contributed by atoms with Crippen molar-refractivity contribution in [1.82, 2.24) is 9.78 Å². The Bertz CT molecular complexity index is 1320. The van der Waals surface area contributed by atoms with Gasteiger partial charge in [-0.2, -0.15) is 0 Å². The number of allylic oxidation sites excluding steroid dienone is 1. The number of H-pyrrole nitrogens is 1. The molecular weight excluding hydrogens is 405 g/mol. The molecule has 30 heavy (non-hydrogen) atoms. The SMILES string of the molecule is CC1=Nc2ccc(C)cc2C1=Cc1c(C)[nH]n(-c2c(F)c(F)c(F)c(F)c2F)c1=O. The Morgan fingerprint density at radius 3 is 2.17 bits per heavy atom. The van der Waals surface area contributed by atoms with Gasteiger partial charge in [0.25, 0.3) is 5.56 Å². The number of aromatic amines is 1. The first-order valence-corrected chi connectivity index (χ1v) is 8.83. The van der Waals surface area contributed by atoms with Crippen LogP contribution in [0.15, 0.2) is 28.0 Å². The van der Waals surface area contributed by atoms with E-state index in [-0.39, 0.29) is 11.3 Å². The topological polar surface area (TPSA) is 50.1 Å². The Morgan fingerprint density at radius 1 is 0.933 bits per heavy atom. The van der Waals surface area contributed by atoms with Crippen LogP contribution in [0.1, 0.15) is 29.3 Å². The van der Waals surface area contributed by atoms with Crippen LogP contribution in [0, 0.1) is 42.9 Å². The molecule has 3 aromatic rings. The van der Waals surface area contributed by atoms with E-state index < -0.39 is 40.3 Å². The van der Waals surface area contributed by atoms with E-state index in [1.54, 1.807) is 6.92 Å². The summed E-state index contributed by atoms with van der Waals surface area (Å²) in [5.74, 6) is -10.8. The molecule has 0 saturated carbocycles. The molecule has 0 aliphatic carbocycles. The van der Waals surface area contributed by atoms with Crippen molar-refractivity contribution in [3.63, 3.8) is 0 Å². The van der Waals surface area contributed by atoms with Gasteiger partial charge in [0, 0.05) is 22.5 Å². The van der Waals surface area contributed by atoms with Crippen molar-refractivity contribution in [2.24, 2.45) is 4.99 Å². The van der Waals surface area contributed by atoms with Crippen molar-refractivity contribution in [3.05, 3.63) is 80.0 Å². The number of benzene rings is 2. The van der Waals surface area contributed by atoms with E-state index in [2.05, 4.69) is 10.1 Å². The lowest BCUT2D eigenvalue weighted by molar-refractivity contribution is 0.373. The highest BCUT2D eigenvalue weighted by Crippen LogP contribution is 2.36. The summed E-state index contributed by atoms with van der Waals surface area (Å²) < 4.78 is 69.2. The molecule has 154 valence electrons. The fourth-order valence-corrected chi connectivity index (χ4v) is 3.40. The van der Waals surface area contributed by atoms with E-state index in [9.17, 15) is 26.7 Å². The molecule has 1 aliphatic rings. The van der Waals surface area contributed by atoms with Crippen LogP contribution in [0.4, 0.5) is 27.6 Å². The van der Waals surface area contributed by atoms with Crippen molar-refractivity contribution in [2.75, 3.05) is 0 Å². The normalized spacial score (nSPS) is 14.4. The quantitative estimate of drug-likeness (QED) is 0.350. The van der Waals surface area contributed by atoms with Gasteiger partial charge in [-0.05, 0) is 39.0 Å². The smallest absolute Gasteiger partial charge is 0.278 e. The maximum atomic E-state index is 14.2. The predicted octanol–water partition coefficient (Wildman–Crippen LogP) is 5.12. The summed E-state index contributed by atoms with van der Waals surface area (Å²) in [6, 6.07) is 5.59. The second-order valence-electron chi connectivity index (χ2n) is 6.99. The van der Waals surface area contributed by atoms with Crippen molar-refractivity contribution in [2.45, 2.75) is 20.8 Å². The summed E-state index contributed by atoms with van der Waals surface area (Å²) >= 11 is 0. The van der Waals surface area contributed by atoms with Gasteiger partial charge >= 0.3 is 0 Å². The van der Waals surface area contributed by atoms with Crippen molar-refractivity contribution < 1.29 is 22.0 Å². The Labute approximate surface area is 167 Å². The van der Waals surface area contributed by atoms with Gasteiger partial charge in [-0.25, -0.2) is 26.6 Å². The largest absolute Gasteiger partial charge is 0.294 e. The molecule has 0 bridgehead atoms. The molecule has 4 nitrogen and oxygen atoms in total. The lowest BCUT2D eigenvalue weighted by atomic mass is 9.99. The van der Waals surface area contributed by atoms with E-state index in [0.717, 1.165) is 11.1 Å². The highest BCUT2D eigenvalue weighted by Gasteiger charge is 2.29. The number of halogens is 5. The number of fused-ring (bicyclic) bond motifs is 1. The lowest BCUT2D eigenvalue weighted by Crippen LogP contribution is -2.21. The summed E-state index contributed by atoms with van der Waals surface area (Å²) in [5, 5.41) is 2.39. The Balaban J connectivity index is 1.94. The number of aryl methyl sites for hydroxylation is 2. The van der Waals surface area contributed by atoms with Crippen LogP contribution in [-0.2, 0) is 0 Å². The zero-order valence-corrected chi connectivity index (χ0v) is 16.0. The van der Waals surface area contributed by atoms with Crippen molar-refractivity contribution in [3.8, 4) is 5.69 Å². The molecule has 1 aromatic heterocycles. The minimum Gasteiger partial charge on any atom is -0.294 e. The third-order valence-corrected chi connectivity index (χ3v) is 4.94. The molecule has 2 aromatic carbocycles. The number of nitrogens with one attached hydrogen (secondary N) is 1. The van der Waals surface area contributed by atoms with Crippen LogP contribution in [0.25, 0.3) is 17.3 Å². The molecule has 2 heterocycles. The number of hydrogen-bond acceptors (Lipinski definition) is 2. The Morgan fingerprint density at radius 2 is 1.53 bits per heavy atom. The van der Waals surface area contributed by atoms with E-state index in [1.807, 2.05) is 25.1 Å². The van der Waals surface area contributed by atoms with Crippen LogP contribution < -0.4 is 5.56 Å². The van der Waals surface area contributed by atoms with E-state index in [0.29, 0.717) is 21.7 Å². The summed E-state index contributed by atoms with van der Waals surface area (Å²) in [7, 11) is 0. The minimum atomic E-state index is -2.29. The molecule has 0 unspecified atom stereocenters. The average Bonchev–Trinajstić information content (AvgIpc) is 3.16. The predicted molar refractivity (Wildman–Crippen MR) is 103 cm³/mol. The number of aliphatic imine (C=N–C) groups is 1. The third kappa shape index (κ3) is 2.80. The Kier molecular flexibility index (Phi) is 4.48. The molecule has 0 atom stereocenters. The van der Waals surface area contributed by atoms with Crippen LogP contribution >= 0.6 is 0 Å².